The van der Waals surface area contributed by atoms with Crippen molar-refractivity contribution < 1.29 is 18.7 Å². The number of carbonyl (C=O) groups is 1. The van der Waals surface area contributed by atoms with Gasteiger partial charge in [0.2, 0.25) is 0 Å². The molecule has 1 aromatic heterocycles. The fraction of sp³-hybridized carbons (Fsp3) is 0.238. The largest absolute Gasteiger partial charge is 0.497 e. The first-order valence-electron chi connectivity index (χ1n) is 8.88. The average Bonchev–Trinajstić information content (AvgIpc) is 3.30. The van der Waals surface area contributed by atoms with Crippen molar-refractivity contribution >= 4 is 5.91 Å². The third-order valence-electron chi connectivity index (χ3n) is 4.91. The van der Waals surface area contributed by atoms with Gasteiger partial charge in [-0.2, -0.15) is 5.10 Å². The van der Waals surface area contributed by atoms with Gasteiger partial charge < -0.3 is 14.4 Å². The van der Waals surface area contributed by atoms with Gasteiger partial charge in [-0.25, -0.2) is 4.39 Å². The lowest BCUT2D eigenvalue weighted by atomic mass is 10.1. The van der Waals surface area contributed by atoms with Gasteiger partial charge in [-0.15, -0.1) is 0 Å². The number of carbonyl (C=O) groups excluding carboxylic acids is 1. The van der Waals surface area contributed by atoms with E-state index >= 15 is 0 Å². The molecule has 0 atom stereocenters. The summed E-state index contributed by atoms with van der Waals surface area (Å²) in [5.41, 5.74) is 3.45. The summed E-state index contributed by atoms with van der Waals surface area (Å²) in [4.78, 5) is 14.8. The predicted molar refractivity (Wildman–Crippen MR) is 101 cm³/mol. The second-order valence-electron chi connectivity index (χ2n) is 6.63. The number of aromatic nitrogens is 2. The molecule has 0 radical (unpaired) electrons. The SMILES string of the molecule is COc1ccc(C(=O)N2Cc3cnn(Cc4ccc(F)cc4)c3C2)c(OC)c1. The third kappa shape index (κ3) is 3.31. The van der Waals surface area contributed by atoms with Crippen LogP contribution in [-0.2, 0) is 19.6 Å². The van der Waals surface area contributed by atoms with Gasteiger partial charge in [-0.3, -0.25) is 9.48 Å². The summed E-state index contributed by atoms with van der Waals surface area (Å²) >= 11 is 0. The number of amides is 1. The van der Waals surface area contributed by atoms with Crippen molar-refractivity contribution in [3.05, 3.63) is 76.9 Å². The lowest BCUT2D eigenvalue weighted by Gasteiger charge is -2.18. The molecule has 0 N–H and O–H groups in total. The van der Waals surface area contributed by atoms with Crippen molar-refractivity contribution in [2.45, 2.75) is 19.6 Å². The molecule has 144 valence electrons. The van der Waals surface area contributed by atoms with E-state index in [-0.39, 0.29) is 11.7 Å². The maximum absolute atomic E-state index is 13.1. The lowest BCUT2D eigenvalue weighted by molar-refractivity contribution is 0.0744. The molecule has 0 aliphatic carbocycles. The van der Waals surface area contributed by atoms with Crippen molar-refractivity contribution in [1.29, 1.82) is 0 Å². The highest BCUT2D eigenvalue weighted by Gasteiger charge is 2.29. The molecule has 3 aromatic rings. The van der Waals surface area contributed by atoms with E-state index in [4.69, 9.17) is 9.47 Å². The first-order valence-corrected chi connectivity index (χ1v) is 8.88. The predicted octanol–water partition coefficient (Wildman–Crippen LogP) is 3.24. The summed E-state index contributed by atoms with van der Waals surface area (Å²) < 4.78 is 25.5. The first-order chi connectivity index (χ1) is 13.6. The summed E-state index contributed by atoms with van der Waals surface area (Å²) in [5, 5.41) is 4.42. The minimum atomic E-state index is -0.264. The van der Waals surface area contributed by atoms with Crippen LogP contribution in [-0.4, -0.2) is 34.8 Å². The molecule has 7 heteroatoms. The Labute approximate surface area is 162 Å². The van der Waals surface area contributed by atoms with Crippen molar-refractivity contribution in [3.63, 3.8) is 0 Å². The van der Waals surface area contributed by atoms with Gasteiger partial charge in [-0.05, 0) is 29.8 Å². The highest BCUT2D eigenvalue weighted by molar-refractivity contribution is 5.97. The second kappa shape index (κ2) is 7.34. The van der Waals surface area contributed by atoms with E-state index in [1.165, 1.54) is 19.2 Å². The maximum Gasteiger partial charge on any atom is 0.258 e. The van der Waals surface area contributed by atoms with E-state index in [0.29, 0.717) is 36.7 Å². The number of fused-ring (bicyclic) bond motifs is 1. The molecule has 2 heterocycles. The Kier molecular flexibility index (Phi) is 4.73. The molecule has 4 rings (SSSR count). The van der Waals surface area contributed by atoms with Gasteiger partial charge >= 0.3 is 0 Å². The van der Waals surface area contributed by atoms with E-state index in [2.05, 4.69) is 5.10 Å². The summed E-state index contributed by atoms with van der Waals surface area (Å²) in [7, 11) is 3.10. The molecular weight excluding hydrogens is 361 g/mol. The van der Waals surface area contributed by atoms with Crippen LogP contribution >= 0.6 is 0 Å². The summed E-state index contributed by atoms with van der Waals surface area (Å²) in [6, 6.07) is 11.5. The molecule has 28 heavy (non-hydrogen) atoms. The van der Waals surface area contributed by atoms with E-state index in [9.17, 15) is 9.18 Å². The second-order valence-corrected chi connectivity index (χ2v) is 6.63. The van der Waals surface area contributed by atoms with Crippen LogP contribution in [0, 0.1) is 5.82 Å². The molecule has 0 spiro atoms. The van der Waals surface area contributed by atoms with Crippen molar-refractivity contribution in [2.75, 3.05) is 14.2 Å². The fourth-order valence-electron chi connectivity index (χ4n) is 3.40. The number of nitrogens with zero attached hydrogens (tertiary/aromatic N) is 3. The Hall–Kier alpha value is -3.35. The number of halogens is 1. The lowest BCUT2D eigenvalue weighted by Crippen LogP contribution is -2.26. The Morgan fingerprint density at radius 3 is 2.61 bits per heavy atom. The average molecular weight is 381 g/mol. The van der Waals surface area contributed by atoms with Gasteiger partial charge in [0.25, 0.3) is 5.91 Å². The van der Waals surface area contributed by atoms with Gasteiger partial charge in [0.15, 0.2) is 0 Å². The van der Waals surface area contributed by atoms with E-state index in [0.717, 1.165) is 16.8 Å². The van der Waals surface area contributed by atoms with Crippen LogP contribution in [0.3, 0.4) is 0 Å². The summed E-state index contributed by atoms with van der Waals surface area (Å²) in [6.07, 6.45) is 1.79. The Morgan fingerprint density at radius 2 is 1.89 bits per heavy atom. The topological polar surface area (TPSA) is 56.6 Å². The van der Waals surface area contributed by atoms with Crippen molar-refractivity contribution in [2.24, 2.45) is 0 Å². The molecule has 6 nitrogen and oxygen atoms in total. The van der Waals surface area contributed by atoms with E-state index < -0.39 is 0 Å². The molecule has 0 saturated heterocycles. The molecule has 1 amide bonds. The minimum absolute atomic E-state index is 0.107. The number of hydrogen-bond donors (Lipinski definition) is 0. The molecular formula is C21H20FN3O3. The van der Waals surface area contributed by atoms with Crippen molar-refractivity contribution in [3.8, 4) is 11.5 Å². The molecule has 1 aliphatic heterocycles. The maximum atomic E-state index is 13.1. The number of methoxy groups -OCH3 is 2. The quantitative estimate of drug-likeness (QED) is 0.681. The zero-order valence-corrected chi connectivity index (χ0v) is 15.7. The molecule has 0 bridgehead atoms. The Morgan fingerprint density at radius 1 is 1.11 bits per heavy atom. The molecule has 1 aliphatic rings. The van der Waals surface area contributed by atoms with Crippen molar-refractivity contribution in [1.82, 2.24) is 14.7 Å². The normalized spacial score (nSPS) is 12.8. The number of benzene rings is 2. The van der Waals surface area contributed by atoms with Crippen LogP contribution in [0.5, 0.6) is 11.5 Å². The van der Waals surface area contributed by atoms with Crippen LogP contribution < -0.4 is 9.47 Å². The molecule has 0 saturated carbocycles. The van der Waals surface area contributed by atoms with Crippen LogP contribution in [0.4, 0.5) is 4.39 Å². The van der Waals surface area contributed by atoms with E-state index in [1.54, 1.807) is 48.5 Å². The smallest absolute Gasteiger partial charge is 0.258 e. The van der Waals surface area contributed by atoms with Crippen LogP contribution in [0.2, 0.25) is 0 Å². The molecule has 2 aromatic carbocycles. The highest BCUT2D eigenvalue weighted by Crippen LogP contribution is 2.30. The zero-order valence-electron chi connectivity index (χ0n) is 15.7. The van der Waals surface area contributed by atoms with Gasteiger partial charge in [-0.1, -0.05) is 12.1 Å². The number of hydrogen-bond acceptors (Lipinski definition) is 4. The Bertz CT molecular complexity index is 1010. The van der Waals surface area contributed by atoms with E-state index in [1.807, 2.05) is 4.68 Å². The zero-order chi connectivity index (χ0) is 19.7. The third-order valence-corrected chi connectivity index (χ3v) is 4.91. The minimum Gasteiger partial charge on any atom is -0.497 e. The fourth-order valence-corrected chi connectivity index (χ4v) is 3.40. The van der Waals surface area contributed by atoms with Crippen LogP contribution in [0.25, 0.3) is 0 Å². The highest BCUT2D eigenvalue weighted by atomic mass is 19.1. The molecule has 0 unspecified atom stereocenters. The van der Waals surface area contributed by atoms with Crippen LogP contribution in [0.1, 0.15) is 27.2 Å². The standard InChI is InChI=1S/C21H20FN3O3/c1-27-17-7-8-18(20(9-17)28-2)21(26)24-12-15-10-23-25(19(15)13-24)11-14-3-5-16(22)6-4-14/h3-10H,11-13H2,1-2H3. The van der Waals surface area contributed by atoms with Gasteiger partial charge in [0.05, 0.1) is 44.8 Å². The summed E-state index contributed by atoms with van der Waals surface area (Å²) in [5.74, 6) is 0.741. The number of rotatable bonds is 5. The number of ether oxygens (including phenoxy) is 2. The Balaban J connectivity index is 1.53. The van der Waals surface area contributed by atoms with Crippen LogP contribution in [0.15, 0.2) is 48.7 Å². The summed E-state index contributed by atoms with van der Waals surface area (Å²) in [6.45, 7) is 1.49. The van der Waals surface area contributed by atoms with Gasteiger partial charge in [0.1, 0.15) is 17.3 Å². The van der Waals surface area contributed by atoms with Gasteiger partial charge in [0, 0.05) is 18.2 Å². The molecule has 0 fully saturated rings. The monoisotopic (exact) mass is 381 g/mol. The first kappa shape index (κ1) is 18.0.